The number of piperazine rings is 1. The van der Waals surface area contributed by atoms with Gasteiger partial charge in [0.15, 0.2) is 0 Å². The maximum absolute atomic E-state index is 12.5. The Balaban J connectivity index is 1.77. The topological polar surface area (TPSA) is 62.7 Å². The standard InChI is InChI=1S/C19H23N3O3S/c1-4-9-21-12-17(23)22(13(2)19(21)24)11-14-10-20-18(26-14)15-7-5-6-8-16(15)25-3/h5-8,10,13H,4,9,11-12H2,1-3H3/t13-/m0/s1. The van der Waals surface area contributed by atoms with Crippen molar-refractivity contribution in [3.05, 3.63) is 35.3 Å². The predicted octanol–water partition coefficient (Wildman–Crippen LogP) is 2.79. The molecule has 1 aromatic heterocycles. The van der Waals surface area contributed by atoms with Crippen molar-refractivity contribution in [2.45, 2.75) is 32.9 Å². The van der Waals surface area contributed by atoms with Gasteiger partial charge in [0, 0.05) is 17.6 Å². The van der Waals surface area contributed by atoms with Gasteiger partial charge < -0.3 is 14.5 Å². The van der Waals surface area contributed by atoms with E-state index < -0.39 is 6.04 Å². The molecule has 1 aliphatic heterocycles. The van der Waals surface area contributed by atoms with E-state index in [4.69, 9.17) is 4.74 Å². The molecule has 0 radical (unpaired) electrons. The van der Waals surface area contributed by atoms with Crippen LogP contribution >= 0.6 is 11.3 Å². The lowest BCUT2D eigenvalue weighted by Crippen LogP contribution is -2.58. The summed E-state index contributed by atoms with van der Waals surface area (Å²) in [4.78, 5) is 33.7. The first kappa shape index (κ1) is 18.4. The van der Waals surface area contributed by atoms with E-state index in [1.807, 2.05) is 31.2 Å². The molecular formula is C19H23N3O3S. The summed E-state index contributed by atoms with van der Waals surface area (Å²) >= 11 is 1.52. The molecule has 7 heteroatoms. The fourth-order valence-electron chi connectivity index (χ4n) is 3.12. The van der Waals surface area contributed by atoms with Gasteiger partial charge in [0.1, 0.15) is 16.8 Å². The van der Waals surface area contributed by atoms with E-state index in [1.165, 1.54) is 11.3 Å². The normalized spacial score (nSPS) is 17.7. The van der Waals surface area contributed by atoms with Crippen molar-refractivity contribution in [2.24, 2.45) is 0 Å². The molecule has 0 N–H and O–H groups in total. The first-order chi connectivity index (χ1) is 12.5. The summed E-state index contributed by atoms with van der Waals surface area (Å²) in [5, 5.41) is 0.841. The zero-order chi connectivity index (χ0) is 18.7. The number of methoxy groups -OCH3 is 1. The first-order valence-corrected chi connectivity index (χ1v) is 9.53. The number of hydrogen-bond donors (Lipinski definition) is 0. The monoisotopic (exact) mass is 373 g/mol. The number of thiazole rings is 1. The Labute approximate surface area is 157 Å². The minimum atomic E-state index is -0.445. The first-order valence-electron chi connectivity index (χ1n) is 8.71. The lowest BCUT2D eigenvalue weighted by atomic mass is 10.1. The van der Waals surface area contributed by atoms with Crippen molar-refractivity contribution >= 4 is 23.2 Å². The maximum atomic E-state index is 12.5. The molecule has 0 spiro atoms. The molecular weight excluding hydrogens is 350 g/mol. The van der Waals surface area contributed by atoms with Crippen molar-refractivity contribution in [1.82, 2.24) is 14.8 Å². The predicted molar refractivity (Wildman–Crippen MR) is 101 cm³/mol. The highest BCUT2D eigenvalue weighted by molar-refractivity contribution is 7.15. The molecule has 1 atom stereocenters. The van der Waals surface area contributed by atoms with E-state index >= 15 is 0 Å². The molecule has 2 heterocycles. The number of benzene rings is 1. The van der Waals surface area contributed by atoms with E-state index in [9.17, 15) is 9.59 Å². The van der Waals surface area contributed by atoms with Crippen molar-refractivity contribution in [3.63, 3.8) is 0 Å². The van der Waals surface area contributed by atoms with Crippen LogP contribution < -0.4 is 4.74 Å². The zero-order valence-corrected chi connectivity index (χ0v) is 16.1. The van der Waals surface area contributed by atoms with Crippen molar-refractivity contribution in [3.8, 4) is 16.3 Å². The second-order valence-corrected chi connectivity index (χ2v) is 7.40. The Hall–Kier alpha value is -2.41. The average Bonchev–Trinajstić information content (AvgIpc) is 3.11. The lowest BCUT2D eigenvalue weighted by Gasteiger charge is -2.38. The molecule has 0 aliphatic carbocycles. The number of carbonyl (C=O) groups excluding carboxylic acids is 2. The van der Waals surface area contributed by atoms with Gasteiger partial charge in [0.05, 0.1) is 25.8 Å². The van der Waals surface area contributed by atoms with Crippen molar-refractivity contribution in [2.75, 3.05) is 20.2 Å². The number of aromatic nitrogens is 1. The summed E-state index contributed by atoms with van der Waals surface area (Å²) in [6.45, 7) is 4.99. The van der Waals surface area contributed by atoms with Gasteiger partial charge in [-0.2, -0.15) is 0 Å². The molecule has 2 aromatic rings. The smallest absolute Gasteiger partial charge is 0.245 e. The van der Waals surface area contributed by atoms with Gasteiger partial charge in [0.2, 0.25) is 11.8 Å². The van der Waals surface area contributed by atoms with Crippen molar-refractivity contribution in [1.29, 1.82) is 0 Å². The number of rotatable bonds is 6. The van der Waals surface area contributed by atoms with E-state index in [1.54, 1.807) is 30.0 Å². The number of ether oxygens (including phenoxy) is 1. The van der Waals surface area contributed by atoms with Crippen LogP contribution in [0.15, 0.2) is 30.5 Å². The van der Waals surface area contributed by atoms with E-state index in [2.05, 4.69) is 4.98 Å². The molecule has 2 amide bonds. The molecule has 1 fully saturated rings. The van der Waals surface area contributed by atoms with Crippen LogP contribution in [-0.2, 0) is 16.1 Å². The SMILES string of the molecule is CCCN1CC(=O)N(Cc2cnc(-c3ccccc3OC)s2)[C@@H](C)C1=O. The van der Waals surface area contributed by atoms with Gasteiger partial charge in [0.25, 0.3) is 0 Å². The van der Waals surface area contributed by atoms with Gasteiger partial charge in [-0.1, -0.05) is 19.1 Å². The van der Waals surface area contributed by atoms with Gasteiger partial charge in [-0.05, 0) is 25.5 Å². The number of carbonyl (C=O) groups is 2. The Morgan fingerprint density at radius 3 is 2.81 bits per heavy atom. The Morgan fingerprint density at radius 2 is 2.08 bits per heavy atom. The fourth-order valence-corrected chi connectivity index (χ4v) is 4.07. The fraction of sp³-hybridized carbons (Fsp3) is 0.421. The number of nitrogens with zero attached hydrogens (tertiary/aromatic N) is 3. The Morgan fingerprint density at radius 1 is 1.31 bits per heavy atom. The maximum Gasteiger partial charge on any atom is 0.245 e. The highest BCUT2D eigenvalue weighted by Gasteiger charge is 2.36. The molecule has 6 nitrogen and oxygen atoms in total. The quantitative estimate of drug-likeness (QED) is 0.781. The zero-order valence-electron chi connectivity index (χ0n) is 15.3. The minimum absolute atomic E-state index is 0.0147. The second kappa shape index (κ2) is 7.86. The summed E-state index contributed by atoms with van der Waals surface area (Å²) in [5.41, 5.74) is 0.925. The largest absolute Gasteiger partial charge is 0.496 e. The number of para-hydroxylation sites is 1. The van der Waals surface area contributed by atoms with Crippen LogP contribution in [0.3, 0.4) is 0 Å². The molecule has 138 valence electrons. The van der Waals surface area contributed by atoms with E-state index in [0.717, 1.165) is 27.6 Å². The number of amides is 2. The molecule has 3 rings (SSSR count). The molecule has 1 saturated heterocycles. The van der Waals surface area contributed by atoms with Gasteiger partial charge in [-0.3, -0.25) is 9.59 Å². The van der Waals surface area contributed by atoms with Crippen LogP contribution in [-0.4, -0.2) is 52.8 Å². The molecule has 0 unspecified atom stereocenters. The van der Waals surface area contributed by atoms with Crippen LogP contribution in [0.5, 0.6) is 5.75 Å². The molecule has 1 aromatic carbocycles. The molecule has 0 saturated carbocycles. The van der Waals surface area contributed by atoms with E-state index in [0.29, 0.717) is 13.1 Å². The van der Waals surface area contributed by atoms with Crippen molar-refractivity contribution < 1.29 is 14.3 Å². The summed E-state index contributed by atoms with van der Waals surface area (Å²) in [5.74, 6) is 0.764. The van der Waals surface area contributed by atoms with Crippen LogP contribution in [0, 0.1) is 0 Å². The molecule has 26 heavy (non-hydrogen) atoms. The average molecular weight is 373 g/mol. The molecule has 0 bridgehead atoms. The van der Waals surface area contributed by atoms with Gasteiger partial charge >= 0.3 is 0 Å². The third-order valence-electron chi connectivity index (χ3n) is 4.49. The second-order valence-electron chi connectivity index (χ2n) is 6.29. The summed E-state index contributed by atoms with van der Waals surface area (Å²) in [6, 6.07) is 7.27. The third kappa shape index (κ3) is 3.58. The van der Waals surface area contributed by atoms with Crippen LogP contribution in [0.4, 0.5) is 0 Å². The Bertz CT molecular complexity index is 805. The summed E-state index contributed by atoms with van der Waals surface area (Å²) < 4.78 is 5.39. The van der Waals surface area contributed by atoms with E-state index in [-0.39, 0.29) is 18.4 Å². The summed E-state index contributed by atoms with van der Waals surface area (Å²) in [6.07, 6.45) is 2.62. The van der Waals surface area contributed by atoms with Crippen LogP contribution in [0.1, 0.15) is 25.1 Å². The highest BCUT2D eigenvalue weighted by Crippen LogP contribution is 2.33. The minimum Gasteiger partial charge on any atom is -0.496 e. The molecule has 1 aliphatic rings. The summed E-state index contributed by atoms with van der Waals surface area (Å²) in [7, 11) is 1.63. The lowest BCUT2D eigenvalue weighted by molar-refractivity contribution is -0.155. The Kier molecular flexibility index (Phi) is 5.56. The third-order valence-corrected chi connectivity index (χ3v) is 5.51. The van der Waals surface area contributed by atoms with Crippen LogP contribution in [0.2, 0.25) is 0 Å². The number of hydrogen-bond acceptors (Lipinski definition) is 5. The van der Waals surface area contributed by atoms with Crippen LogP contribution in [0.25, 0.3) is 10.6 Å². The van der Waals surface area contributed by atoms with Gasteiger partial charge in [-0.25, -0.2) is 4.98 Å². The van der Waals surface area contributed by atoms with Gasteiger partial charge in [-0.15, -0.1) is 11.3 Å². The highest BCUT2D eigenvalue weighted by atomic mass is 32.1.